The second-order valence-electron chi connectivity index (χ2n) is 2.88. The molecular formula is C10H14O. The molecule has 0 aliphatic rings. The molecule has 0 fully saturated rings. The predicted octanol–water partition coefficient (Wildman–Crippen LogP) is 1.74. The van der Waals surface area contributed by atoms with Gasteiger partial charge in [0.15, 0.2) is 0 Å². The molecule has 0 aromatic heterocycles. The molecular weight excluding hydrogens is 136 g/mol. The van der Waals surface area contributed by atoms with Gasteiger partial charge in [0.25, 0.3) is 0 Å². The zero-order chi connectivity index (χ0) is 8.91. The van der Waals surface area contributed by atoms with Gasteiger partial charge in [0, 0.05) is 6.42 Å². The second kappa shape index (κ2) is 4.03. The van der Waals surface area contributed by atoms with E-state index in [-0.39, 0.29) is 5.92 Å². The van der Waals surface area contributed by atoms with Crippen molar-refractivity contribution in [2.75, 3.05) is 0 Å². The average Bonchev–Trinajstić information content (AvgIpc) is 1.88. The van der Waals surface area contributed by atoms with Crippen LogP contribution in [0.15, 0.2) is 18.4 Å². The van der Waals surface area contributed by atoms with Crippen LogP contribution in [-0.2, 0) is 0 Å². The highest BCUT2D eigenvalue weighted by Crippen LogP contribution is 2.21. The Labute approximate surface area is 68.4 Å². The molecule has 11 heavy (non-hydrogen) atoms. The van der Waals surface area contributed by atoms with Crippen molar-refractivity contribution in [3.63, 3.8) is 0 Å². The fourth-order valence-electron chi connectivity index (χ4n) is 0.762. The van der Waals surface area contributed by atoms with Gasteiger partial charge >= 0.3 is 0 Å². The van der Waals surface area contributed by atoms with Crippen molar-refractivity contribution in [3.05, 3.63) is 18.4 Å². The van der Waals surface area contributed by atoms with E-state index in [1.165, 1.54) is 6.08 Å². The van der Waals surface area contributed by atoms with Gasteiger partial charge < -0.3 is 5.11 Å². The van der Waals surface area contributed by atoms with E-state index in [9.17, 15) is 5.11 Å². The molecule has 0 saturated heterocycles. The lowest BCUT2D eigenvalue weighted by molar-refractivity contribution is 0.0486. The van der Waals surface area contributed by atoms with Crippen molar-refractivity contribution in [2.45, 2.75) is 25.9 Å². The van der Waals surface area contributed by atoms with Crippen molar-refractivity contribution in [1.82, 2.24) is 0 Å². The summed E-state index contributed by atoms with van der Waals surface area (Å²) in [5.74, 6) is 2.52. The van der Waals surface area contributed by atoms with Crippen LogP contribution >= 0.6 is 0 Å². The summed E-state index contributed by atoms with van der Waals surface area (Å²) >= 11 is 0. The molecule has 0 aromatic rings. The minimum absolute atomic E-state index is 0.0906. The largest absolute Gasteiger partial charge is 0.384 e. The van der Waals surface area contributed by atoms with Gasteiger partial charge in [-0.2, -0.15) is 0 Å². The zero-order valence-corrected chi connectivity index (χ0v) is 7.09. The van der Waals surface area contributed by atoms with Crippen molar-refractivity contribution in [3.8, 4) is 12.3 Å². The van der Waals surface area contributed by atoms with E-state index >= 15 is 0 Å². The molecule has 1 heteroatoms. The average molecular weight is 150 g/mol. The minimum atomic E-state index is -0.934. The lowest BCUT2D eigenvalue weighted by atomic mass is 9.87. The van der Waals surface area contributed by atoms with Gasteiger partial charge in [-0.05, 0) is 12.0 Å². The molecule has 0 rings (SSSR count). The number of hydrogen-bond donors (Lipinski definition) is 1. The Balaban J connectivity index is 4.54. The fraction of sp³-hybridized carbons (Fsp3) is 0.500. The van der Waals surface area contributed by atoms with Crippen LogP contribution in [0.1, 0.15) is 20.3 Å². The maximum absolute atomic E-state index is 9.79. The Morgan fingerprint density at radius 3 is 2.55 bits per heavy atom. The molecule has 0 aliphatic heterocycles. The smallest absolute Gasteiger partial charge is 0.103 e. The van der Waals surface area contributed by atoms with E-state index in [1.807, 2.05) is 13.8 Å². The lowest BCUT2D eigenvalue weighted by Gasteiger charge is -2.25. The van der Waals surface area contributed by atoms with E-state index in [0.717, 1.165) is 0 Å². The molecule has 0 aromatic carbocycles. The van der Waals surface area contributed by atoms with E-state index in [1.54, 1.807) is 0 Å². The molecule has 0 heterocycles. The highest BCUT2D eigenvalue weighted by Gasteiger charge is 2.26. The monoisotopic (exact) mass is 150 g/mol. The molecule has 1 atom stereocenters. The molecule has 0 radical (unpaired) electrons. The molecule has 60 valence electrons. The Kier molecular flexibility index (Phi) is 3.68. The summed E-state index contributed by atoms with van der Waals surface area (Å²) in [5, 5.41) is 9.79. The summed E-state index contributed by atoms with van der Waals surface area (Å²) in [6, 6.07) is 0. The molecule has 0 amide bonds. The molecule has 1 nitrogen and oxygen atoms in total. The topological polar surface area (TPSA) is 20.2 Å². The summed E-state index contributed by atoms with van der Waals surface area (Å²) in [5.41, 5.74) is 1.62. The standard InChI is InChI=1S/C10H14O/c1-5-7-10(11,8-6-2)9(3)4/h1,8-9,11H,2,7H2,3-4H3. The quantitative estimate of drug-likeness (QED) is 0.480. The van der Waals surface area contributed by atoms with Crippen molar-refractivity contribution < 1.29 is 5.11 Å². The highest BCUT2D eigenvalue weighted by atomic mass is 16.3. The third kappa shape index (κ3) is 2.63. The minimum Gasteiger partial charge on any atom is -0.384 e. The van der Waals surface area contributed by atoms with Crippen molar-refractivity contribution in [1.29, 1.82) is 0 Å². The van der Waals surface area contributed by atoms with E-state index in [2.05, 4.69) is 18.2 Å². The normalized spacial score (nSPS) is 14.8. The Bertz CT molecular complexity index is 203. The summed E-state index contributed by atoms with van der Waals surface area (Å²) in [6.07, 6.45) is 6.94. The second-order valence-corrected chi connectivity index (χ2v) is 2.88. The van der Waals surface area contributed by atoms with Crippen LogP contribution in [0.2, 0.25) is 0 Å². The third-order valence-corrected chi connectivity index (χ3v) is 1.74. The van der Waals surface area contributed by atoms with Crippen molar-refractivity contribution >= 4 is 0 Å². The maximum Gasteiger partial charge on any atom is 0.103 e. The summed E-state index contributed by atoms with van der Waals surface area (Å²) < 4.78 is 0. The van der Waals surface area contributed by atoms with E-state index in [0.29, 0.717) is 6.42 Å². The van der Waals surface area contributed by atoms with Crippen LogP contribution in [0.25, 0.3) is 0 Å². The van der Waals surface area contributed by atoms with Gasteiger partial charge in [-0.15, -0.1) is 18.1 Å². The third-order valence-electron chi connectivity index (χ3n) is 1.74. The van der Waals surface area contributed by atoms with Crippen molar-refractivity contribution in [2.24, 2.45) is 5.92 Å². The first-order valence-electron chi connectivity index (χ1n) is 3.59. The summed E-state index contributed by atoms with van der Waals surface area (Å²) in [6.45, 7) is 7.22. The molecule has 0 spiro atoms. The molecule has 0 bridgehead atoms. The fourth-order valence-corrected chi connectivity index (χ4v) is 0.762. The van der Waals surface area contributed by atoms with Crippen LogP contribution in [0.5, 0.6) is 0 Å². The zero-order valence-electron chi connectivity index (χ0n) is 7.09. The van der Waals surface area contributed by atoms with Gasteiger partial charge in [-0.1, -0.05) is 20.4 Å². The first kappa shape index (κ1) is 10.0. The Morgan fingerprint density at radius 1 is 1.73 bits per heavy atom. The highest BCUT2D eigenvalue weighted by molar-refractivity contribution is 5.07. The van der Waals surface area contributed by atoms with Crippen LogP contribution in [0, 0.1) is 18.3 Å². The van der Waals surface area contributed by atoms with Gasteiger partial charge in [0.05, 0.1) is 0 Å². The van der Waals surface area contributed by atoms with Gasteiger partial charge in [0.2, 0.25) is 0 Å². The number of rotatable bonds is 3. The SMILES string of the molecule is C#CCC(O)(C=C=C)C(C)C. The Morgan fingerprint density at radius 2 is 2.27 bits per heavy atom. The number of aliphatic hydroxyl groups is 1. The van der Waals surface area contributed by atoms with Crippen LogP contribution in [0.4, 0.5) is 0 Å². The first-order chi connectivity index (χ1) is 5.06. The van der Waals surface area contributed by atoms with E-state index < -0.39 is 5.60 Å². The van der Waals surface area contributed by atoms with Crippen LogP contribution in [-0.4, -0.2) is 10.7 Å². The van der Waals surface area contributed by atoms with Gasteiger partial charge in [0.1, 0.15) is 5.60 Å². The Hall–Kier alpha value is -0.960. The summed E-state index contributed by atoms with van der Waals surface area (Å²) in [4.78, 5) is 0. The number of hydrogen-bond acceptors (Lipinski definition) is 1. The van der Waals surface area contributed by atoms with Gasteiger partial charge in [-0.25, -0.2) is 0 Å². The van der Waals surface area contributed by atoms with Crippen LogP contribution in [0.3, 0.4) is 0 Å². The molecule has 0 aliphatic carbocycles. The molecule has 0 saturated carbocycles. The number of terminal acetylenes is 1. The first-order valence-corrected chi connectivity index (χ1v) is 3.59. The van der Waals surface area contributed by atoms with Gasteiger partial charge in [-0.3, -0.25) is 0 Å². The molecule has 1 unspecified atom stereocenters. The predicted molar refractivity (Wildman–Crippen MR) is 46.9 cm³/mol. The maximum atomic E-state index is 9.79. The van der Waals surface area contributed by atoms with Crippen LogP contribution < -0.4 is 0 Å². The molecule has 1 N–H and O–H groups in total. The van der Waals surface area contributed by atoms with E-state index in [4.69, 9.17) is 6.42 Å². The summed E-state index contributed by atoms with van der Waals surface area (Å²) in [7, 11) is 0. The lowest BCUT2D eigenvalue weighted by Crippen LogP contribution is -2.31.